The SMILES string of the molecule is CNCCC(=O)N1CCN(Cc2ccc(Cl)s2)CC1.Cl.Cl. The van der Waals surface area contributed by atoms with Crippen molar-refractivity contribution in [2.75, 3.05) is 39.8 Å². The third kappa shape index (κ3) is 6.72. The van der Waals surface area contributed by atoms with Gasteiger partial charge in [-0.25, -0.2) is 0 Å². The zero-order valence-corrected chi connectivity index (χ0v) is 15.2. The maximum absolute atomic E-state index is 11.9. The Bertz CT molecular complexity index is 423. The first-order valence-corrected chi connectivity index (χ1v) is 7.77. The molecule has 2 rings (SSSR count). The van der Waals surface area contributed by atoms with Gasteiger partial charge in [0.25, 0.3) is 0 Å². The molecule has 0 bridgehead atoms. The summed E-state index contributed by atoms with van der Waals surface area (Å²) in [5, 5.41) is 3.01. The van der Waals surface area contributed by atoms with Crippen LogP contribution in [0, 0.1) is 0 Å². The zero-order valence-electron chi connectivity index (χ0n) is 12.0. The fraction of sp³-hybridized carbons (Fsp3) is 0.615. The van der Waals surface area contributed by atoms with Crippen molar-refractivity contribution in [3.05, 3.63) is 21.3 Å². The van der Waals surface area contributed by atoms with Crippen molar-refractivity contribution >= 4 is 53.7 Å². The van der Waals surface area contributed by atoms with E-state index in [0.29, 0.717) is 6.42 Å². The van der Waals surface area contributed by atoms with Crippen LogP contribution >= 0.6 is 47.8 Å². The van der Waals surface area contributed by atoms with Crippen molar-refractivity contribution in [3.8, 4) is 0 Å². The van der Waals surface area contributed by atoms with Crippen LogP contribution in [0.4, 0.5) is 0 Å². The topological polar surface area (TPSA) is 35.6 Å². The number of piperazine rings is 1. The Morgan fingerprint density at radius 2 is 1.95 bits per heavy atom. The van der Waals surface area contributed by atoms with Crippen molar-refractivity contribution in [2.24, 2.45) is 0 Å². The molecular formula is C13H22Cl3N3OS. The molecule has 8 heteroatoms. The van der Waals surface area contributed by atoms with Crippen molar-refractivity contribution in [2.45, 2.75) is 13.0 Å². The smallest absolute Gasteiger partial charge is 0.223 e. The summed E-state index contributed by atoms with van der Waals surface area (Å²) in [7, 11) is 1.87. The van der Waals surface area contributed by atoms with Crippen LogP contribution in [-0.4, -0.2) is 55.5 Å². The third-order valence-electron chi connectivity index (χ3n) is 3.32. The first kappa shape index (κ1) is 21.0. The molecule has 1 aliphatic heterocycles. The number of thiophene rings is 1. The minimum atomic E-state index is 0. The molecule has 1 aromatic heterocycles. The Balaban J connectivity index is 0.00000200. The molecule has 0 radical (unpaired) electrons. The molecule has 1 aromatic rings. The van der Waals surface area contributed by atoms with Crippen molar-refractivity contribution in [3.63, 3.8) is 0 Å². The summed E-state index contributed by atoms with van der Waals surface area (Å²) in [5.74, 6) is 0.258. The minimum absolute atomic E-state index is 0. The molecule has 0 aromatic carbocycles. The van der Waals surface area contributed by atoms with Gasteiger partial charge in [-0.2, -0.15) is 0 Å². The number of hydrogen-bond donors (Lipinski definition) is 1. The summed E-state index contributed by atoms with van der Waals surface area (Å²) in [6.45, 7) is 5.26. The zero-order chi connectivity index (χ0) is 13.7. The number of rotatable bonds is 5. The number of hydrogen-bond acceptors (Lipinski definition) is 4. The maximum Gasteiger partial charge on any atom is 0.223 e. The third-order valence-corrected chi connectivity index (χ3v) is 4.54. The van der Waals surface area contributed by atoms with E-state index in [1.165, 1.54) is 4.88 Å². The Morgan fingerprint density at radius 3 is 2.48 bits per heavy atom. The van der Waals surface area contributed by atoms with Gasteiger partial charge in [0.15, 0.2) is 0 Å². The second kappa shape index (κ2) is 10.6. The van der Waals surface area contributed by atoms with E-state index < -0.39 is 0 Å². The lowest BCUT2D eigenvalue weighted by Gasteiger charge is -2.34. The second-order valence-corrected chi connectivity index (χ2v) is 6.52. The first-order chi connectivity index (χ1) is 9.19. The normalized spacial score (nSPS) is 15.2. The Morgan fingerprint density at radius 1 is 1.29 bits per heavy atom. The highest BCUT2D eigenvalue weighted by Crippen LogP contribution is 2.23. The van der Waals surface area contributed by atoms with Crippen LogP contribution in [0.5, 0.6) is 0 Å². The molecule has 21 heavy (non-hydrogen) atoms. The summed E-state index contributed by atoms with van der Waals surface area (Å²) in [6, 6.07) is 4.02. The highest BCUT2D eigenvalue weighted by Gasteiger charge is 2.20. The van der Waals surface area contributed by atoms with Crippen LogP contribution in [-0.2, 0) is 11.3 Å². The number of nitrogens with one attached hydrogen (secondary N) is 1. The number of carbonyl (C=O) groups is 1. The van der Waals surface area contributed by atoms with Crippen LogP contribution in [0.3, 0.4) is 0 Å². The molecule has 1 fully saturated rings. The van der Waals surface area contributed by atoms with Gasteiger partial charge in [-0.1, -0.05) is 11.6 Å². The second-order valence-electron chi connectivity index (χ2n) is 4.72. The summed E-state index contributed by atoms with van der Waals surface area (Å²) >= 11 is 7.57. The van der Waals surface area contributed by atoms with E-state index in [1.54, 1.807) is 11.3 Å². The average molecular weight is 375 g/mol. The highest BCUT2D eigenvalue weighted by molar-refractivity contribution is 7.16. The van der Waals surface area contributed by atoms with Gasteiger partial charge in [0.05, 0.1) is 4.34 Å². The van der Waals surface area contributed by atoms with Crippen LogP contribution in [0.2, 0.25) is 4.34 Å². The van der Waals surface area contributed by atoms with Gasteiger partial charge in [-0.05, 0) is 19.2 Å². The van der Waals surface area contributed by atoms with E-state index in [0.717, 1.165) is 43.6 Å². The van der Waals surface area contributed by atoms with E-state index >= 15 is 0 Å². The Labute approximate surface area is 147 Å². The fourth-order valence-corrected chi connectivity index (χ4v) is 3.33. The largest absolute Gasteiger partial charge is 0.340 e. The predicted octanol–water partition coefficient (Wildman–Crippen LogP) is 2.50. The first-order valence-electron chi connectivity index (χ1n) is 6.58. The maximum atomic E-state index is 11.9. The molecule has 122 valence electrons. The predicted molar refractivity (Wildman–Crippen MR) is 94.2 cm³/mol. The summed E-state index contributed by atoms with van der Waals surface area (Å²) in [5.41, 5.74) is 0. The molecule has 0 spiro atoms. The van der Waals surface area contributed by atoms with Crippen molar-refractivity contribution in [1.29, 1.82) is 0 Å². The summed E-state index contributed by atoms with van der Waals surface area (Å²) in [6.07, 6.45) is 0.594. The van der Waals surface area contributed by atoms with Gasteiger partial charge < -0.3 is 10.2 Å². The van der Waals surface area contributed by atoms with Crippen LogP contribution < -0.4 is 5.32 Å². The van der Waals surface area contributed by atoms with E-state index in [1.807, 2.05) is 18.0 Å². The van der Waals surface area contributed by atoms with E-state index in [-0.39, 0.29) is 30.7 Å². The minimum Gasteiger partial charge on any atom is -0.340 e. The van der Waals surface area contributed by atoms with E-state index in [2.05, 4.69) is 16.3 Å². The average Bonchev–Trinajstić information content (AvgIpc) is 2.82. The highest BCUT2D eigenvalue weighted by atomic mass is 35.5. The van der Waals surface area contributed by atoms with Gasteiger partial charge in [0.2, 0.25) is 5.91 Å². The summed E-state index contributed by atoms with van der Waals surface area (Å²) < 4.78 is 0.843. The monoisotopic (exact) mass is 373 g/mol. The van der Waals surface area contributed by atoms with Crippen LogP contribution in [0.1, 0.15) is 11.3 Å². The number of amides is 1. The van der Waals surface area contributed by atoms with Gasteiger partial charge in [0.1, 0.15) is 0 Å². The van der Waals surface area contributed by atoms with Gasteiger partial charge >= 0.3 is 0 Å². The lowest BCUT2D eigenvalue weighted by Crippen LogP contribution is -2.48. The van der Waals surface area contributed by atoms with Crippen LogP contribution in [0.25, 0.3) is 0 Å². The molecule has 1 aliphatic rings. The number of halogens is 3. The van der Waals surface area contributed by atoms with Crippen LogP contribution in [0.15, 0.2) is 12.1 Å². The van der Waals surface area contributed by atoms with E-state index in [4.69, 9.17) is 11.6 Å². The van der Waals surface area contributed by atoms with Crippen molar-refractivity contribution in [1.82, 2.24) is 15.1 Å². The van der Waals surface area contributed by atoms with E-state index in [9.17, 15) is 4.79 Å². The quantitative estimate of drug-likeness (QED) is 0.860. The molecule has 0 unspecified atom stereocenters. The molecular weight excluding hydrogens is 353 g/mol. The van der Waals surface area contributed by atoms with Gasteiger partial charge in [-0.15, -0.1) is 36.2 Å². The lowest BCUT2D eigenvalue weighted by molar-refractivity contribution is -0.132. The molecule has 1 amide bonds. The lowest BCUT2D eigenvalue weighted by atomic mass is 10.2. The van der Waals surface area contributed by atoms with Crippen molar-refractivity contribution < 1.29 is 4.79 Å². The molecule has 0 aliphatic carbocycles. The number of nitrogens with zero attached hydrogens (tertiary/aromatic N) is 2. The number of carbonyl (C=O) groups excluding carboxylic acids is 1. The fourth-order valence-electron chi connectivity index (χ4n) is 2.20. The molecule has 4 nitrogen and oxygen atoms in total. The molecule has 1 N–H and O–H groups in total. The molecule has 0 saturated carbocycles. The standard InChI is InChI=1S/C13H20ClN3OS.2ClH/c1-15-5-4-13(18)17-8-6-16(7-9-17)10-11-2-3-12(14)19-11;;/h2-3,15H,4-10H2,1H3;2*1H. The molecule has 1 saturated heterocycles. The molecule has 0 atom stereocenters. The summed E-state index contributed by atoms with van der Waals surface area (Å²) in [4.78, 5) is 17.5. The Hall–Kier alpha value is -0.0400. The van der Waals surface area contributed by atoms with Gasteiger partial charge in [-0.3, -0.25) is 9.69 Å². The van der Waals surface area contributed by atoms with Gasteiger partial charge in [0, 0.05) is 50.6 Å². The Kier molecular flexibility index (Phi) is 10.6. The molecule has 2 heterocycles.